The van der Waals surface area contributed by atoms with Crippen LogP contribution in [0.5, 0.6) is 0 Å². The summed E-state index contributed by atoms with van der Waals surface area (Å²) >= 11 is 3.40. The van der Waals surface area contributed by atoms with Crippen molar-refractivity contribution in [1.82, 2.24) is 0 Å². The third-order valence-electron chi connectivity index (χ3n) is 2.59. The Hall–Kier alpha value is -1.09. The van der Waals surface area contributed by atoms with Crippen molar-refractivity contribution in [1.29, 1.82) is 5.26 Å². The first-order chi connectivity index (χ1) is 8.53. The van der Waals surface area contributed by atoms with E-state index in [1.54, 1.807) is 14.2 Å². The highest BCUT2D eigenvalue weighted by Crippen LogP contribution is 2.23. The van der Waals surface area contributed by atoms with Gasteiger partial charge in [-0.2, -0.15) is 5.26 Å². The molecule has 0 radical (unpaired) electrons. The largest absolute Gasteiger partial charge is 0.367 e. The van der Waals surface area contributed by atoms with Gasteiger partial charge in [0.2, 0.25) is 0 Å². The van der Waals surface area contributed by atoms with E-state index < -0.39 is 11.8 Å². The van der Waals surface area contributed by atoms with Crippen molar-refractivity contribution in [2.45, 2.75) is 25.2 Å². The van der Waals surface area contributed by atoms with Gasteiger partial charge in [0.25, 0.3) is 0 Å². The number of nitriles is 1. The molecule has 0 aliphatic carbocycles. The van der Waals surface area contributed by atoms with Crippen molar-refractivity contribution in [3.8, 4) is 6.07 Å². The molecule has 0 aliphatic heterocycles. The monoisotopic (exact) mass is 312 g/mol. The minimum absolute atomic E-state index is 0.408. The number of methoxy groups -OCH3 is 2. The molecule has 0 fully saturated rings. The fraction of sp³-hybridized carbons (Fsp3) is 0.462. The average molecular weight is 313 g/mol. The summed E-state index contributed by atoms with van der Waals surface area (Å²) in [4.78, 5) is 0. The molecule has 1 N–H and O–H groups in total. The Balaban J connectivity index is 2.80. The van der Waals surface area contributed by atoms with E-state index in [1.807, 2.05) is 31.2 Å². The normalized spacial score (nSPS) is 14.0. The van der Waals surface area contributed by atoms with Gasteiger partial charge in [-0.1, -0.05) is 22.0 Å². The second-order valence-electron chi connectivity index (χ2n) is 4.18. The van der Waals surface area contributed by atoms with Crippen LogP contribution in [0, 0.1) is 11.3 Å². The van der Waals surface area contributed by atoms with Crippen LogP contribution in [0.3, 0.4) is 0 Å². The fourth-order valence-electron chi connectivity index (χ4n) is 1.61. The van der Waals surface area contributed by atoms with Gasteiger partial charge in [0.05, 0.1) is 6.07 Å². The lowest BCUT2D eigenvalue weighted by Gasteiger charge is -2.27. The third-order valence-corrected chi connectivity index (χ3v) is 3.09. The zero-order chi connectivity index (χ0) is 13.6. The van der Waals surface area contributed by atoms with Crippen molar-refractivity contribution < 1.29 is 9.47 Å². The van der Waals surface area contributed by atoms with E-state index in [0.29, 0.717) is 6.42 Å². The molecule has 0 aliphatic rings. The average Bonchev–Trinajstić information content (AvgIpc) is 2.36. The van der Waals surface area contributed by atoms with Crippen LogP contribution in [0.25, 0.3) is 0 Å². The topological polar surface area (TPSA) is 54.3 Å². The molecule has 1 rings (SSSR count). The predicted molar refractivity (Wildman–Crippen MR) is 74.2 cm³/mol. The molecule has 18 heavy (non-hydrogen) atoms. The lowest BCUT2D eigenvalue weighted by molar-refractivity contribution is -0.110. The van der Waals surface area contributed by atoms with Crippen LogP contribution in [-0.4, -0.2) is 26.0 Å². The molecular formula is C13H17BrN2O2. The van der Waals surface area contributed by atoms with Gasteiger partial charge in [0, 0.05) is 30.8 Å². The molecule has 98 valence electrons. The molecule has 0 aromatic heterocycles. The lowest BCUT2D eigenvalue weighted by Crippen LogP contribution is -2.38. The molecule has 0 spiro atoms. The van der Waals surface area contributed by atoms with Crippen LogP contribution in [0.2, 0.25) is 0 Å². The van der Waals surface area contributed by atoms with Crippen molar-refractivity contribution in [2.24, 2.45) is 0 Å². The Morgan fingerprint density at radius 3 is 2.61 bits per heavy atom. The molecule has 0 heterocycles. The fourth-order valence-corrected chi connectivity index (χ4v) is 2.00. The number of anilines is 1. The second kappa shape index (κ2) is 6.74. The first-order valence-electron chi connectivity index (χ1n) is 5.53. The molecule has 5 heteroatoms. The van der Waals surface area contributed by atoms with Gasteiger partial charge in [0.1, 0.15) is 5.54 Å². The molecule has 1 aromatic carbocycles. The zero-order valence-corrected chi connectivity index (χ0v) is 12.3. The van der Waals surface area contributed by atoms with Crippen LogP contribution in [-0.2, 0) is 9.47 Å². The van der Waals surface area contributed by atoms with Crippen molar-refractivity contribution >= 4 is 21.6 Å². The van der Waals surface area contributed by atoms with Gasteiger partial charge in [-0.15, -0.1) is 0 Å². The van der Waals surface area contributed by atoms with Crippen molar-refractivity contribution in [2.75, 3.05) is 19.5 Å². The van der Waals surface area contributed by atoms with Gasteiger partial charge in [0.15, 0.2) is 6.29 Å². The quantitative estimate of drug-likeness (QED) is 0.820. The number of hydrogen-bond acceptors (Lipinski definition) is 4. The Morgan fingerprint density at radius 1 is 1.44 bits per heavy atom. The third kappa shape index (κ3) is 4.30. The molecule has 0 saturated heterocycles. The highest BCUT2D eigenvalue weighted by atomic mass is 79.9. The first-order valence-corrected chi connectivity index (χ1v) is 6.33. The lowest BCUT2D eigenvalue weighted by atomic mass is 9.99. The van der Waals surface area contributed by atoms with Crippen molar-refractivity contribution in [3.63, 3.8) is 0 Å². The van der Waals surface area contributed by atoms with E-state index in [1.165, 1.54) is 0 Å². The smallest absolute Gasteiger partial charge is 0.160 e. The van der Waals surface area contributed by atoms with Crippen LogP contribution in [0.1, 0.15) is 13.3 Å². The molecule has 1 atom stereocenters. The summed E-state index contributed by atoms with van der Waals surface area (Å²) in [6, 6.07) is 9.94. The van der Waals surface area contributed by atoms with E-state index in [2.05, 4.69) is 27.3 Å². The first kappa shape index (κ1) is 15.0. The van der Waals surface area contributed by atoms with Gasteiger partial charge < -0.3 is 14.8 Å². The highest BCUT2D eigenvalue weighted by molar-refractivity contribution is 9.10. The number of nitrogens with zero attached hydrogens (tertiary/aromatic N) is 1. The van der Waals surface area contributed by atoms with E-state index >= 15 is 0 Å². The Bertz CT molecular complexity index is 429. The molecule has 0 amide bonds. The van der Waals surface area contributed by atoms with Crippen molar-refractivity contribution in [3.05, 3.63) is 28.7 Å². The summed E-state index contributed by atoms with van der Waals surface area (Å²) in [5.74, 6) is 0. The second-order valence-corrected chi connectivity index (χ2v) is 5.10. The summed E-state index contributed by atoms with van der Waals surface area (Å²) in [5.41, 5.74) is 0.122. The molecule has 0 saturated carbocycles. The molecular weight excluding hydrogens is 296 g/mol. The van der Waals surface area contributed by atoms with Crippen LogP contribution in [0.15, 0.2) is 28.7 Å². The molecule has 0 bridgehead atoms. The van der Waals surface area contributed by atoms with E-state index in [4.69, 9.17) is 9.47 Å². The maximum Gasteiger partial charge on any atom is 0.160 e. The molecule has 1 aromatic rings. The predicted octanol–water partition coefficient (Wildman–Crippen LogP) is 3.15. The van der Waals surface area contributed by atoms with Crippen LogP contribution >= 0.6 is 15.9 Å². The summed E-state index contributed by atoms with van der Waals surface area (Å²) in [7, 11) is 3.12. The molecule has 4 nitrogen and oxygen atoms in total. The number of rotatable bonds is 6. The van der Waals surface area contributed by atoms with E-state index in [0.717, 1.165) is 10.2 Å². The maximum absolute atomic E-state index is 9.32. The summed E-state index contributed by atoms with van der Waals surface area (Å²) in [6.07, 6.45) is 0.0255. The Morgan fingerprint density at radius 2 is 2.11 bits per heavy atom. The number of benzene rings is 1. The Labute approximate surface area is 116 Å². The minimum atomic E-state index is -0.752. The van der Waals surface area contributed by atoms with Crippen LogP contribution < -0.4 is 5.32 Å². The summed E-state index contributed by atoms with van der Waals surface area (Å²) < 4.78 is 11.2. The number of hydrogen-bond donors (Lipinski definition) is 1. The van der Waals surface area contributed by atoms with E-state index in [9.17, 15) is 5.26 Å². The van der Waals surface area contributed by atoms with Crippen LogP contribution in [0.4, 0.5) is 5.69 Å². The van der Waals surface area contributed by atoms with Gasteiger partial charge >= 0.3 is 0 Å². The number of nitrogens with one attached hydrogen (secondary N) is 1. The minimum Gasteiger partial charge on any atom is -0.367 e. The standard InChI is InChI=1S/C13H17BrN2O2/c1-13(9-15,8-12(17-2)18-3)16-11-6-4-5-10(14)7-11/h4-7,12,16H,8H2,1-3H3. The summed E-state index contributed by atoms with van der Waals surface area (Å²) in [6.45, 7) is 1.82. The zero-order valence-electron chi connectivity index (χ0n) is 10.7. The SMILES string of the molecule is COC(CC(C)(C#N)Nc1cccc(Br)c1)OC. The van der Waals surface area contributed by atoms with Gasteiger partial charge in [-0.25, -0.2) is 0 Å². The number of ether oxygens (including phenoxy) is 2. The number of halogens is 1. The van der Waals surface area contributed by atoms with Gasteiger partial charge in [-0.3, -0.25) is 0 Å². The van der Waals surface area contributed by atoms with Gasteiger partial charge in [-0.05, 0) is 25.1 Å². The highest BCUT2D eigenvalue weighted by Gasteiger charge is 2.28. The Kier molecular flexibility index (Phi) is 5.60. The maximum atomic E-state index is 9.32. The van der Waals surface area contributed by atoms with E-state index in [-0.39, 0.29) is 0 Å². The molecule has 1 unspecified atom stereocenters. The summed E-state index contributed by atoms with van der Waals surface area (Å²) in [5, 5.41) is 12.5.